The molecule has 3 N–H and O–H groups in total. The quantitative estimate of drug-likeness (QED) is 0.178. The minimum absolute atomic E-state index is 0. The molecule has 1 aliphatic heterocycles. The number of para-hydroxylation sites is 1. The number of aliphatic carboxylic acids is 1. The molecule has 46 heavy (non-hydrogen) atoms. The van der Waals surface area contributed by atoms with Crippen LogP contribution in [0.25, 0.3) is 11.1 Å². The topological polar surface area (TPSA) is 105 Å². The molecule has 11 heteroatoms. The summed E-state index contributed by atoms with van der Waals surface area (Å²) in [4.78, 5) is 36.5. The van der Waals surface area contributed by atoms with Crippen molar-refractivity contribution in [2.24, 2.45) is 5.41 Å². The second-order valence-electron chi connectivity index (χ2n) is 10.7. The Morgan fingerprint density at radius 3 is 2.04 bits per heavy atom. The SMILES string of the molecule is CC.CC1CCCO1.O=C(O)CC1(CC(F)(F)F)CCc2cc(-c3ccc(NC(=O)Nc4ccccc4)cc3)ccc2C1=O.[CH3-].[Fe]. The van der Waals surface area contributed by atoms with Crippen molar-refractivity contribution in [1.29, 1.82) is 0 Å². The van der Waals surface area contributed by atoms with E-state index in [-0.39, 0.29) is 42.9 Å². The monoisotopic (exact) mass is 683 g/mol. The molecule has 3 aromatic rings. The predicted molar refractivity (Wildman–Crippen MR) is 171 cm³/mol. The molecule has 0 spiro atoms. The van der Waals surface area contributed by atoms with Gasteiger partial charge >= 0.3 is 18.2 Å². The third kappa shape index (κ3) is 11.6. The van der Waals surface area contributed by atoms with E-state index < -0.39 is 42.2 Å². The van der Waals surface area contributed by atoms with Crippen LogP contribution in [-0.2, 0) is 33.0 Å². The van der Waals surface area contributed by atoms with E-state index in [1.165, 1.54) is 18.9 Å². The third-order valence-electron chi connectivity index (χ3n) is 7.40. The molecular weight excluding hydrogens is 641 g/mol. The molecule has 1 aliphatic carbocycles. The molecule has 2 amide bonds. The molecule has 1 heterocycles. The Balaban J connectivity index is 0.000000937. The van der Waals surface area contributed by atoms with Gasteiger partial charge < -0.3 is 27.9 Å². The van der Waals surface area contributed by atoms with Crippen molar-refractivity contribution in [2.45, 2.75) is 71.6 Å². The van der Waals surface area contributed by atoms with Crippen molar-refractivity contribution < 1.29 is 54.5 Å². The molecule has 0 bridgehead atoms. The molecule has 0 saturated carbocycles. The number of aryl methyl sites for hydroxylation is 1. The number of rotatable bonds is 6. The van der Waals surface area contributed by atoms with Crippen molar-refractivity contribution in [3.63, 3.8) is 0 Å². The molecule has 252 valence electrons. The van der Waals surface area contributed by atoms with Gasteiger partial charge in [-0.25, -0.2) is 4.79 Å². The summed E-state index contributed by atoms with van der Waals surface area (Å²) in [6.07, 6.45) is -3.93. The number of carbonyl (C=O) groups excluding carboxylic acids is 2. The molecule has 1 saturated heterocycles. The number of carbonyl (C=O) groups is 3. The van der Waals surface area contributed by atoms with Gasteiger partial charge in [-0.15, -0.1) is 0 Å². The zero-order valence-corrected chi connectivity index (χ0v) is 27.6. The summed E-state index contributed by atoms with van der Waals surface area (Å²) < 4.78 is 44.8. The molecule has 0 radical (unpaired) electrons. The molecule has 3 aromatic carbocycles. The number of hydrogen-bond acceptors (Lipinski definition) is 4. The molecule has 2 aliphatic rings. The Morgan fingerprint density at radius 2 is 1.54 bits per heavy atom. The van der Waals surface area contributed by atoms with E-state index in [1.807, 2.05) is 19.9 Å². The maximum absolute atomic E-state index is 13.2. The molecule has 7 nitrogen and oxygen atoms in total. The zero-order chi connectivity index (χ0) is 32.3. The van der Waals surface area contributed by atoms with Crippen LogP contribution in [0.5, 0.6) is 0 Å². The normalized spacial score (nSPS) is 18.1. The van der Waals surface area contributed by atoms with Crippen LogP contribution in [0.1, 0.15) is 68.8 Å². The van der Waals surface area contributed by atoms with Crippen molar-refractivity contribution in [3.8, 4) is 11.1 Å². The first kappa shape index (κ1) is 40.4. The molecule has 5 rings (SSSR count). The molecule has 2 atom stereocenters. The van der Waals surface area contributed by atoms with E-state index in [1.54, 1.807) is 60.7 Å². The van der Waals surface area contributed by atoms with Gasteiger partial charge in [0.15, 0.2) is 5.78 Å². The number of fused-ring (bicyclic) bond motifs is 1. The first-order chi connectivity index (χ1) is 20.9. The van der Waals surface area contributed by atoms with Gasteiger partial charge in [0.25, 0.3) is 0 Å². The van der Waals surface area contributed by atoms with Gasteiger partial charge in [-0.2, -0.15) is 13.2 Å². The van der Waals surface area contributed by atoms with Crippen molar-refractivity contribution >= 4 is 29.2 Å². The van der Waals surface area contributed by atoms with E-state index in [0.717, 1.165) is 17.7 Å². The average Bonchev–Trinajstić information content (AvgIpc) is 3.47. The summed E-state index contributed by atoms with van der Waals surface area (Å²) >= 11 is 0. The number of ether oxygens (including phenoxy) is 1. The van der Waals surface area contributed by atoms with Crippen LogP contribution >= 0.6 is 0 Å². The van der Waals surface area contributed by atoms with E-state index >= 15 is 0 Å². The van der Waals surface area contributed by atoms with Crippen LogP contribution in [-0.4, -0.2) is 41.8 Å². The maximum atomic E-state index is 13.2. The third-order valence-corrected chi connectivity index (χ3v) is 7.40. The maximum Gasteiger partial charge on any atom is 0.390 e. The van der Waals surface area contributed by atoms with Gasteiger partial charge in [-0.3, -0.25) is 9.59 Å². The Bertz CT molecular complexity index is 1410. The van der Waals surface area contributed by atoms with Gasteiger partial charge in [-0.1, -0.05) is 62.4 Å². The Morgan fingerprint density at radius 1 is 0.957 bits per heavy atom. The fraction of sp³-hybridized carbons (Fsp3) is 0.371. The van der Waals surface area contributed by atoms with E-state index in [2.05, 4.69) is 17.6 Å². The first-order valence-electron chi connectivity index (χ1n) is 14.8. The minimum atomic E-state index is -4.66. The van der Waals surface area contributed by atoms with E-state index in [9.17, 15) is 32.7 Å². The van der Waals surface area contributed by atoms with Gasteiger partial charge in [0.1, 0.15) is 0 Å². The molecular formula is C35H42F3FeN2O5-. The number of urea groups is 1. The van der Waals surface area contributed by atoms with E-state index in [4.69, 9.17) is 4.74 Å². The number of nitrogens with one attached hydrogen (secondary N) is 2. The smallest absolute Gasteiger partial charge is 0.390 e. The second-order valence-corrected chi connectivity index (χ2v) is 10.7. The number of ketones is 1. The predicted octanol–water partition coefficient (Wildman–Crippen LogP) is 9.20. The number of halogens is 3. The molecule has 1 fully saturated rings. The van der Waals surface area contributed by atoms with Crippen LogP contribution in [0, 0.1) is 12.8 Å². The van der Waals surface area contributed by atoms with Crippen molar-refractivity contribution in [3.05, 3.63) is 91.3 Å². The van der Waals surface area contributed by atoms with Crippen LogP contribution < -0.4 is 10.6 Å². The fourth-order valence-corrected chi connectivity index (χ4v) is 5.35. The van der Waals surface area contributed by atoms with Gasteiger partial charge in [0, 0.05) is 40.6 Å². The van der Waals surface area contributed by atoms with Crippen molar-refractivity contribution in [2.75, 3.05) is 17.2 Å². The van der Waals surface area contributed by atoms with Gasteiger partial charge in [0.2, 0.25) is 0 Å². The van der Waals surface area contributed by atoms with E-state index in [0.29, 0.717) is 23.0 Å². The standard InChI is InChI=1S/C27H23F3N2O4.C5H10O.C2H6.CH3.Fe/c28-27(29,30)16-26(15-23(33)34)13-12-19-14-18(8-11-22(19)24(26)35)17-6-9-21(10-7-17)32-25(36)31-20-4-2-1-3-5-20;1-5-3-2-4-6-5;1-2;;/h1-11,14H,12-13,15-16H2,(H,33,34)(H2,31,32,36);5H,2-4H2,1H3;1-2H3;1H3;/q;;;-1;. The molecule has 2 unspecified atom stereocenters. The largest absolute Gasteiger partial charge is 0.481 e. The Labute approximate surface area is 279 Å². The number of hydrogen-bond donors (Lipinski definition) is 3. The van der Waals surface area contributed by atoms with Crippen LogP contribution in [0.3, 0.4) is 0 Å². The van der Waals surface area contributed by atoms with Crippen molar-refractivity contribution in [1.82, 2.24) is 0 Å². The Hall–Kier alpha value is -3.66. The molecule has 0 aromatic heterocycles. The number of carboxylic acids is 1. The first-order valence-corrected chi connectivity index (χ1v) is 14.8. The van der Waals surface area contributed by atoms with Crippen LogP contribution in [0.15, 0.2) is 72.8 Å². The van der Waals surface area contributed by atoms with Crippen LogP contribution in [0.4, 0.5) is 29.3 Å². The van der Waals surface area contributed by atoms with Gasteiger partial charge in [0.05, 0.1) is 24.4 Å². The summed E-state index contributed by atoms with van der Waals surface area (Å²) in [6.45, 7) is 7.11. The minimum Gasteiger partial charge on any atom is -0.481 e. The summed E-state index contributed by atoms with van der Waals surface area (Å²) in [5, 5.41) is 14.6. The summed E-state index contributed by atoms with van der Waals surface area (Å²) in [5.74, 6) is -2.21. The van der Waals surface area contributed by atoms with Crippen LogP contribution in [0.2, 0.25) is 0 Å². The number of benzene rings is 3. The number of carboxylic acid groups (broad SMARTS) is 1. The second kappa shape index (κ2) is 18.5. The number of anilines is 2. The average molecular weight is 684 g/mol. The summed E-state index contributed by atoms with van der Waals surface area (Å²) in [7, 11) is 0. The number of amides is 2. The number of alkyl halides is 3. The summed E-state index contributed by atoms with van der Waals surface area (Å²) in [5.41, 5.74) is 1.48. The fourth-order valence-electron chi connectivity index (χ4n) is 5.35. The summed E-state index contributed by atoms with van der Waals surface area (Å²) in [6, 6.07) is 20.4. The zero-order valence-electron chi connectivity index (χ0n) is 26.5. The Kier molecular flexibility index (Phi) is 16.2. The van der Waals surface area contributed by atoms with Gasteiger partial charge in [-0.05, 0) is 73.6 Å². The number of Topliss-reactive ketones (excluding diaryl/α,β-unsaturated/α-hetero) is 1.